The smallest absolute Gasteiger partial charge is 0.422 e. The number of aryl methyl sites for hydroxylation is 3. The number of rotatable bonds is 6. The SMILES string of the molecule is Cc1cc(C(=O)O)cnc1Oc1ccc(C(C)C(O)(c2cc(C)c(=O)n(C)c2)C(F)(F)F)c(Cl)c1. The first-order valence-corrected chi connectivity index (χ1v) is 10.7. The Bertz CT molecular complexity index is 1330. The van der Waals surface area contributed by atoms with Crippen molar-refractivity contribution in [3.05, 3.63) is 85.9 Å². The molecule has 0 bridgehead atoms. The molecule has 2 N–H and O–H groups in total. The van der Waals surface area contributed by atoms with Gasteiger partial charge in [-0.25, -0.2) is 9.78 Å². The molecule has 0 aliphatic heterocycles. The Kier molecular flexibility index (Phi) is 7.01. The average Bonchev–Trinajstić information content (AvgIpc) is 2.76. The lowest BCUT2D eigenvalue weighted by Gasteiger charge is -2.37. The molecule has 0 spiro atoms. The molecule has 2 atom stereocenters. The summed E-state index contributed by atoms with van der Waals surface area (Å²) in [5, 5.41) is 20.0. The van der Waals surface area contributed by atoms with Crippen molar-refractivity contribution >= 4 is 17.6 Å². The molecule has 0 aliphatic rings. The summed E-state index contributed by atoms with van der Waals surface area (Å²) >= 11 is 6.32. The lowest BCUT2D eigenvalue weighted by Crippen LogP contribution is -2.47. The first-order valence-electron chi connectivity index (χ1n) is 10.3. The number of pyridine rings is 2. The largest absolute Gasteiger partial charge is 0.478 e. The normalized spacial score (nSPS) is 14.3. The van der Waals surface area contributed by atoms with E-state index in [0.717, 1.165) is 23.0 Å². The van der Waals surface area contributed by atoms with E-state index < -0.39 is 34.8 Å². The number of aromatic carboxylic acids is 1. The molecule has 0 fully saturated rings. The van der Waals surface area contributed by atoms with E-state index in [2.05, 4.69) is 4.98 Å². The standard InChI is InChI=1S/C24H22ClF3N2O5/c1-12-7-15(22(32)33)10-29-20(12)35-17-5-6-18(19(25)9-17)14(3)23(34,24(26,27)28)16-8-13(2)21(31)30(4)11-16/h5-11,14,34H,1-4H3,(H,32,33). The number of carboxylic acid groups (broad SMARTS) is 1. The zero-order chi connectivity index (χ0) is 26.3. The molecule has 0 amide bonds. The minimum atomic E-state index is -5.10. The summed E-state index contributed by atoms with van der Waals surface area (Å²) in [6.07, 6.45) is -3.02. The molecule has 7 nitrogen and oxygen atoms in total. The van der Waals surface area contributed by atoms with Crippen LogP contribution in [0.25, 0.3) is 0 Å². The highest BCUT2D eigenvalue weighted by Gasteiger charge is 2.59. The van der Waals surface area contributed by atoms with Gasteiger partial charge in [-0.3, -0.25) is 4.79 Å². The number of nitrogens with zero attached hydrogens (tertiary/aromatic N) is 2. The van der Waals surface area contributed by atoms with Gasteiger partial charge >= 0.3 is 12.1 Å². The lowest BCUT2D eigenvalue weighted by molar-refractivity contribution is -0.274. The van der Waals surface area contributed by atoms with Gasteiger partial charge in [-0.1, -0.05) is 24.6 Å². The van der Waals surface area contributed by atoms with Crippen molar-refractivity contribution in [2.45, 2.75) is 38.5 Å². The number of carboxylic acids is 1. The van der Waals surface area contributed by atoms with Crippen molar-refractivity contribution < 1.29 is 32.9 Å². The molecule has 186 valence electrons. The van der Waals surface area contributed by atoms with Crippen molar-refractivity contribution in [2.24, 2.45) is 7.05 Å². The predicted octanol–water partition coefficient (Wildman–Crippen LogP) is 5.09. The van der Waals surface area contributed by atoms with E-state index in [9.17, 15) is 27.9 Å². The van der Waals surface area contributed by atoms with Gasteiger partial charge in [-0.15, -0.1) is 0 Å². The van der Waals surface area contributed by atoms with E-state index in [0.29, 0.717) is 5.56 Å². The van der Waals surface area contributed by atoms with Crippen LogP contribution in [-0.4, -0.2) is 31.9 Å². The van der Waals surface area contributed by atoms with Crippen LogP contribution in [0.5, 0.6) is 11.6 Å². The van der Waals surface area contributed by atoms with Crippen LogP contribution < -0.4 is 10.3 Å². The number of hydrogen-bond donors (Lipinski definition) is 2. The van der Waals surface area contributed by atoms with Gasteiger partial charge in [0.2, 0.25) is 5.88 Å². The molecule has 11 heteroatoms. The second kappa shape index (κ2) is 9.35. The number of carbonyl (C=O) groups is 1. The Morgan fingerprint density at radius 1 is 1.17 bits per heavy atom. The fourth-order valence-electron chi connectivity index (χ4n) is 3.79. The third-order valence-corrected chi connectivity index (χ3v) is 6.12. The van der Waals surface area contributed by atoms with Gasteiger partial charge in [0.15, 0.2) is 5.60 Å². The first kappa shape index (κ1) is 26.2. The predicted molar refractivity (Wildman–Crippen MR) is 122 cm³/mol. The summed E-state index contributed by atoms with van der Waals surface area (Å²) in [6, 6.07) is 6.33. The summed E-state index contributed by atoms with van der Waals surface area (Å²) in [5.74, 6) is -2.47. The second-order valence-corrected chi connectivity index (χ2v) is 8.66. The van der Waals surface area contributed by atoms with Crippen molar-refractivity contribution in [3.8, 4) is 11.6 Å². The van der Waals surface area contributed by atoms with Crippen molar-refractivity contribution in [2.75, 3.05) is 0 Å². The minimum Gasteiger partial charge on any atom is -0.478 e. The van der Waals surface area contributed by atoms with Crippen LogP contribution >= 0.6 is 11.6 Å². The fraction of sp³-hybridized carbons (Fsp3) is 0.292. The third-order valence-electron chi connectivity index (χ3n) is 5.79. The molecular weight excluding hydrogens is 489 g/mol. The van der Waals surface area contributed by atoms with Gasteiger partial charge in [0.25, 0.3) is 5.56 Å². The molecule has 0 saturated carbocycles. The molecular formula is C24H22ClF3N2O5. The number of benzene rings is 1. The zero-order valence-electron chi connectivity index (χ0n) is 19.1. The van der Waals surface area contributed by atoms with Crippen molar-refractivity contribution in [3.63, 3.8) is 0 Å². The lowest BCUT2D eigenvalue weighted by atomic mass is 9.78. The Morgan fingerprint density at radius 3 is 2.34 bits per heavy atom. The number of aliphatic hydroxyl groups is 1. The van der Waals surface area contributed by atoms with Crippen LogP contribution in [0.15, 0.2) is 47.5 Å². The van der Waals surface area contributed by atoms with Gasteiger partial charge in [0, 0.05) is 47.1 Å². The summed E-state index contributed by atoms with van der Waals surface area (Å²) in [7, 11) is 1.30. The number of hydrogen-bond acceptors (Lipinski definition) is 5. The molecule has 35 heavy (non-hydrogen) atoms. The van der Waals surface area contributed by atoms with Gasteiger partial charge < -0.3 is 19.5 Å². The van der Waals surface area contributed by atoms with Crippen LogP contribution in [0, 0.1) is 13.8 Å². The van der Waals surface area contributed by atoms with Crippen LogP contribution in [0.2, 0.25) is 5.02 Å². The highest BCUT2D eigenvalue weighted by Crippen LogP contribution is 2.50. The Hall–Kier alpha value is -3.37. The summed E-state index contributed by atoms with van der Waals surface area (Å²) in [4.78, 5) is 27.0. The maximum atomic E-state index is 14.3. The Labute approximate surface area is 203 Å². The van der Waals surface area contributed by atoms with Gasteiger partial charge in [-0.05, 0) is 43.7 Å². The van der Waals surface area contributed by atoms with Crippen molar-refractivity contribution in [1.29, 1.82) is 0 Å². The maximum Gasteiger partial charge on any atom is 0.422 e. The van der Waals surface area contributed by atoms with E-state index in [4.69, 9.17) is 21.4 Å². The molecule has 2 aromatic heterocycles. The highest BCUT2D eigenvalue weighted by atomic mass is 35.5. The average molecular weight is 511 g/mol. The number of halogens is 4. The molecule has 0 saturated heterocycles. The van der Waals surface area contributed by atoms with E-state index in [1.807, 2.05) is 0 Å². The van der Waals surface area contributed by atoms with Gasteiger partial charge in [0.1, 0.15) is 5.75 Å². The third kappa shape index (κ3) is 4.89. The van der Waals surface area contributed by atoms with E-state index in [1.54, 1.807) is 6.92 Å². The zero-order valence-corrected chi connectivity index (χ0v) is 19.9. The van der Waals surface area contributed by atoms with E-state index in [-0.39, 0.29) is 33.3 Å². The van der Waals surface area contributed by atoms with Crippen LogP contribution in [-0.2, 0) is 12.6 Å². The number of aromatic nitrogens is 2. The Morgan fingerprint density at radius 2 is 1.83 bits per heavy atom. The topological polar surface area (TPSA) is 102 Å². The van der Waals surface area contributed by atoms with Crippen LogP contribution in [0.3, 0.4) is 0 Å². The second-order valence-electron chi connectivity index (χ2n) is 8.25. The molecule has 0 aliphatic carbocycles. The van der Waals surface area contributed by atoms with Crippen molar-refractivity contribution in [1.82, 2.24) is 9.55 Å². The number of alkyl halides is 3. The maximum absolute atomic E-state index is 14.3. The van der Waals surface area contributed by atoms with Crippen LogP contribution in [0.4, 0.5) is 13.2 Å². The van der Waals surface area contributed by atoms with E-state index >= 15 is 0 Å². The van der Waals surface area contributed by atoms with Crippen LogP contribution in [0.1, 0.15) is 45.5 Å². The summed E-state index contributed by atoms with van der Waals surface area (Å²) < 4.78 is 49.4. The van der Waals surface area contributed by atoms with Gasteiger partial charge in [-0.2, -0.15) is 13.2 Å². The Balaban J connectivity index is 2.01. The molecule has 1 aromatic carbocycles. The number of ether oxygens (including phenoxy) is 1. The summed E-state index contributed by atoms with van der Waals surface area (Å²) in [6.45, 7) is 4.14. The summed E-state index contributed by atoms with van der Waals surface area (Å²) in [5.41, 5.74) is -3.88. The van der Waals surface area contributed by atoms with E-state index in [1.165, 1.54) is 45.2 Å². The molecule has 3 aromatic rings. The monoisotopic (exact) mass is 510 g/mol. The highest BCUT2D eigenvalue weighted by molar-refractivity contribution is 6.31. The molecule has 2 heterocycles. The molecule has 0 radical (unpaired) electrons. The first-order chi connectivity index (χ1) is 16.2. The molecule has 2 unspecified atom stereocenters. The molecule has 3 rings (SSSR count). The quantitative estimate of drug-likeness (QED) is 0.479. The minimum absolute atomic E-state index is 0.00347. The van der Waals surface area contributed by atoms with Gasteiger partial charge in [0.05, 0.1) is 5.56 Å². The fourth-order valence-corrected chi connectivity index (χ4v) is 4.12.